The van der Waals surface area contributed by atoms with E-state index in [0.717, 1.165) is 0 Å². The van der Waals surface area contributed by atoms with Gasteiger partial charge in [-0.1, -0.05) is 6.92 Å². The third-order valence-electron chi connectivity index (χ3n) is 1.88. The van der Waals surface area contributed by atoms with Gasteiger partial charge in [0.25, 0.3) is 0 Å². The van der Waals surface area contributed by atoms with Gasteiger partial charge in [0.1, 0.15) is 5.82 Å². The van der Waals surface area contributed by atoms with Crippen molar-refractivity contribution in [2.75, 3.05) is 6.54 Å². The topological polar surface area (TPSA) is 46.2 Å². The second kappa shape index (κ2) is 5.01. The van der Waals surface area contributed by atoms with Crippen LogP contribution < -0.4 is 4.72 Å². The molecule has 1 rings (SSSR count). The maximum absolute atomic E-state index is 13.2. The van der Waals surface area contributed by atoms with Crippen molar-refractivity contribution < 1.29 is 26.0 Å². The summed E-state index contributed by atoms with van der Waals surface area (Å²) in [4.78, 5) is -1.51. The molecule has 0 atom stereocenters. The first kappa shape index (κ1) is 13.9. The Labute approximate surface area is 95.5 Å². The molecule has 96 valence electrons. The summed E-state index contributed by atoms with van der Waals surface area (Å²) in [6.07, 6.45) is 0.381. The van der Waals surface area contributed by atoms with Gasteiger partial charge in [0.2, 0.25) is 10.0 Å². The quantitative estimate of drug-likeness (QED) is 0.516. The minimum atomic E-state index is -4.53. The van der Waals surface area contributed by atoms with Crippen LogP contribution in [0, 0.1) is 23.3 Å². The van der Waals surface area contributed by atoms with Gasteiger partial charge < -0.3 is 0 Å². The zero-order chi connectivity index (χ0) is 13.2. The Hall–Kier alpha value is -1.15. The normalized spacial score (nSPS) is 11.8. The lowest BCUT2D eigenvalue weighted by Gasteiger charge is -2.08. The molecule has 0 saturated heterocycles. The van der Waals surface area contributed by atoms with Gasteiger partial charge in [-0.05, 0) is 6.42 Å². The van der Waals surface area contributed by atoms with Crippen molar-refractivity contribution in [3.63, 3.8) is 0 Å². The molecule has 0 aliphatic rings. The van der Waals surface area contributed by atoms with E-state index in [1.807, 2.05) is 4.72 Å². The minimum Gasteiger partial charge on any atom is -0.211 e. The lowest BCUT2D eigenvalue weighted by atomic mass is 10.3. The first-order chi connectivity index (χ1) is 7.81. The van der Waals surface area contributed by atoms with Gasteiger partial charge in [0.15, 0.2) is 22.3 Å². The molecule has 0 aliphatic carbocycles. The molecule has 0 fully saturated rings. The standard InChI is InChI=1S/C9H9F4NO2S/c1-2-3-14-17(15,16)9-6(11)4-5(10)7(12)8(9)13/h4,14H,2-3H2,1H3. The molecule has 0 aromatic heterocycles. The Morgan fingerprint density at radius 1 is 1.12 bits per heavy atom. The van der Waals surface area contributed by atoms with E-state index in [1.54, 1.807) is 6.92 Å². The maximum atomic E-state index is 13.2. The molecule has 0 aliphatic heterocycles. The van der Waals surface area contributed by atoms with Crippen LogP contribution in [0.25, 0.3) is 0 Å². The number of sulfonamides is 1. The van der Waals surface area contributed by atoms with E-state index in [4.69, 9.17) is 0 Å². The molecule has 1 aromatic rings. The van der Waals surface area contributed by atoms with Crippen molar-refractivity contribution >= 4 is 10.0 Å². The fraction of sp³-hybridized carbons (Fsp3) is 0.333. The smallest absolute Gasteiger partial charge is 0.211 e. The van der Waals surface area contributed by atoms with Crippen LogP contribution in [-0.4, -0.2) is 15.0 Å². The van der Waals surface area contributed by atoms with Crippen LogP contribution in [0.4, 0.5) is 17.6 Å². The molecular weight excluding hydrogens is 262 g/mol. The van der Waals surface area contributed by atoms with Crippen LogP contribution >= 0.6 is 0 Å². The van der Waals surface area contributed by atoms with Gasteiger partial charge in [-0.25, -0.2) is 30.7 Å². The third kappa shape index (κ3) is 2.75. The van der Waals surface area contributed by atoms with Gasteiger partial charge in [0.05, 0.1) is 0 Å². The molecule has 0 amide bonds. The SMILES string of the molecule is CCCNS(=O)(=O)c1c(F)cc(F)c(F)c1F. The van der Waals surface area contributed by atoms with Crippen molar-refractivity contribution in [1.82, 2.24) is 4.72 Å². The van der Waals surface area contributed by atoms with Gasteiger partial charge in [-0.2, -0.15) is 0 Å². The summed E-state index contributed by atoms with van der Waals surface area (Å²) in [6, 6.07) is -0.0150. The van der Waals surface area contributed by atoms with Crippen molar-refractivity contribution in [2.24, 2.45) is 0 Å². The van der Waals surface area contributed by atoms with E-state index >= 15 is 0 Å². The zero-order valence-electron chi connectivity index (χ0n) is 8.73. The van der Waals surface area contributed by atoms with E-state index in [9.17, 15) is 26.0 Å². The van der Waals surface area contributed by atoms with E-state index in [2.05, 4.69) is 0 Å². The second-order valence-corrected chi connectivity index (χ2v) is 4.90. The molecule has 1 N–H and O–H groups in total. The van der Waals surface area contributed by atoms with Gasteiger partial charge in [0, 0.05) is 12.6 Å². The first-order valence-corrected chi connectivity index (χ1v) is 6.12. The fourth-order valence-corrected chi connectivity index (χ4v) is 2.36. The van der Waals surface area contributed by atoms with Crippen molar-refractivity contribution in [3.8, 4) is 0 Å². The third-order valence-corrected chi connectivity index (χ3v) is 3.38. The van der Waals surface area contributed by atoms with Crippen LogP contribution in [0.1, 0.15) is 13.3 Å². The number of halogens is 4. The van der Waals surface area contributed by atoms with E-state index in [0.29, 0.717) is 6.42 Å². The molecule has 0 spiro atoms. The molecular formula is C9H9F4NO2S. The zero-order valence-corrected chi connectivity index (χ0v) is 9.54. The fourth-order valence-electron chi connectivity index (χ4n) is 1.10. The molecule has 17 heavy (non-hydrogen) atoms. The largest absolute Gasteiger partial charge is 0.246 e. The number of nitrogens with one attached hydrogen (secondary N) is 1. The van der Waals surface area contributed by atoms with Crippen LogP contribution in [-0.2, 0) is 10.0 Å². The lowest BCUT2D eigenvalue weighted by molar-refractivity contribution is 0.410. The molecule has 0 bridgehead atoms. The van der Waals surface area contributed by atoms with Crippen LogP contribution in [0.3, 0.4) is 0 Å². The minimum absolute atomic E-state index is 0.0150. The highest BCUT2D eigenvalue weighted by molar-refractivity contribution is 7.89. The second-order valence-electron chi connectivity index (χ2n) is 3.20. The number of rotatable bonds is 4. The van der Waals surface area contributed by atoms with Crippen molar-refractivity contribution in [1.29, 1.82) is 0 Å². The Morgan fingerprint density at radius 2 is 1.71 bits per heavy atom. The lowest BCUT2D eigenvalue weighted by Crippen LogP contribution is -2.27. The Kier molecular flexibility index (Phi) is 4.10. The first-order valence-electron chi connectivity index (χ1n) is 4.64. The summed E-state index contributed by atoms with van der Waals surface area (Å²) < 4.78 is 76.4. The molecule has 0 saturated carbocycles. The highest BCUT2D eigenvalue weighted by Crippen LogP contribution is 2.23. The number of hydrogen-bond donors (Lipinski definition) is 1. The van der Waals surface area contributed by atoms with E-state index in [1.165, 1.54) is 0 Å². The molecule has 1 aromatic carbocycles. The van der Waals surface area contributed by atoms with Crippen molar-refractivity contribution in [2.45, 2.75) is 18.2 Å². The Bertz CT molecular complexity index is 530. The Balaban J connectivity index is 3.37. The summed E-state index contributed by atoms with van der Waals surface area (Å²) in [5, 5.41) is 0. The summed E-state index contributed by atoms with van der Waals surface area (Å²) in [6.45, 7) is 1.56. The summed E-state index contributed by atoms with van der Waals surface area (Å²) >= 11 is 0. The molecule has 3 nitrogen and oxygen atoms in total. The van der Waals surface area contributed by atoms with E-state index in [-0.39, 0.29) is 12.6 Å². The summed E-state index contributed by atoms with van der Waals surface area (Å²) in [5.74, 6) is -7.55. The number of benzene rings is 1. The van der Waals surface area contributed by atoms with Crippen molar-refractivity contribution in [3.05, 3.63) is 29.3 Å². The number of hydrogen-bond acceptors (Lipinski definition) is 2. The Morgan fingerprint density at radius 3 is 2.24 bits per heavy atom. The monoisotopic (exact) mass is 271 g/mol. The molecule has 8 heteroatoms. The maximum Gasteiger partial charge on any atom is 0.246 e. The average Bonchev–Trinajstić information content (AvgIpc) is 2.23. The van der Waals surface area contributed by atoms with Crippen LogP contribution in [0.2, 0.25) is 0 Å². The summed E-state index contributed by atoms with van der Waals surface area (Å²) in [5.41, 5.74) is 0. The predicted octanol–water partition coefficient (Wildman–Crippen LogP) is 1.93. The van der Waals surface area contributed by atoms with Gasteiger partial charge >= 0.3 is 0 Å². The highest BCUT2D eigenvalue weighted by Gasteiger charge is 2.28. The molecule has 0 radical (unpaired) electrons. The molecule has 0 unspecified atom stereocenters. The van der Waals surface area contributed by atoms with Crippen LogP contribution in [0.5, 0.6) is 0 Å². The summed E-state index contributed by atoms with van der Waals surface area (Å²) in [7, 11) is -4.53. The predicted molar refractivity (Wildman–Crippen MR) is 51.8 cm³/mol. The highest BCUT2D eigenvalue weighted by atomic mass is 32.2. The molecule has 0 heterocycles. The van der Waals surface area contributed by atoms with E-state index < -0.39 is 38.2 Å². The van der Waals surface area contributed by atoms with Gasteiger partial charge in [-0.3, -0.25) is 0 Å². The van der Waals surface area contributed by atoms with Crippen LogP contribution in [0.15, 0.2) is 11.0 Å². The average molecular weight is 271 g/mol. The van der Waals surface area contributed by atoms with Gasteiger partial charge in [-0.15, -0.1) is 0 Å².